The van der Waals surface area contributed by atoms with Crippen LogP contribution in [0.3, 0.4) is 0 Å². The SMILES string of the molecule is [2H]c1cc([2H])c2c(c1[2H])c1c([2H])c([2H])c([2H])c([2H])c1n2-c1ccccc1-c1nc(-c2ccc(-c3cccc(-c4ccccc4)c3)cc2)nc(-c2cccc(-c3cccc4c3oc3ccc(-c5cccc6c5oc5ccccc56)cc34)c2)n1. The fraction of sp³-hybridized carbons (Fsp3) is 0. The highest BCUT2D eigenvalue weighted by Crippen LogP contribution is 2.42. The van der Waals surface area contributed by atoms with Gasteiger partial charge in [-0.2, -0.15) is 0 Å². The highest BCUT2D eigenvalue weighted by molar-refractivity contribution is 6.14. The molecule has 6 heteroatoms. The van der Waals surface area contributed by atoms with E-state index in [1.54, 1.807) is 16.7 Å². The number of nitrogens with zero attached hydrogens (tertiary/aromatic N) is 4. The van der Waals surface area contributed by atoms with E-state index in [1.807, 2.05) is 115 Å². The summed E-state index contributed by atoms with van der Waals surface area (Å²) in [5.74, 6) is 0.978. The van der Waals surface area contributed by atoms with E-state index >= 15 is 0 Å². The quantitative estimate of drug-likeness (QED) is 0.152. The van der Waals surface area contributed by atoms with Crippen LogP contribution in [0.5, 0.6) is 0 Å². The molecule has 0 atom stereocenters. The van der Waals surface area contributed by atoms with Crippen LogP contribution in [0.15, 0.2) is 263 Å². The minimum atomic E-state index is -0.478. The fourth-order valence-corrected chi connectivity index (χ4v) is 10.6. The molecule has 6 nitrogen and oxygen atoms in total. The number of para-hydroxylation sites is 6. The van der Waals surface area contributed by atoms with Crippen LogP contribution in [-0.4, -0.2) is 19.5 Å². The van der Waals surface area contributed by atoms with E-state index in [1.165, 1.54) is 6.07 Å². The molecule has 15 rings (SSSR count). The molecule has 75 heavy (non-hydrogen) atoms. The van der Waals surface area contributed by atoms with Crippen molar-refractivity contribution in [2.24, 2.45) is 0 Å². The normalized spacial score (nSPS) is 13.0. The Balaban J connectivity index is 0.892. The number of fused-ring (bicyclic) bond motifs is 9. The maximum absolute atomic E-state index is 9.28. The zero-order valence-corrected chi connectivity index (χ0v) is 39.8. The van der Waals surface area contributed by atoms with Crippen molar-refractivity contribution in [3.8, 4) is 84.4 Å². The highest BCUT2D eigenvalue weighted by Gasteiger charge is 2.21. The maximum atomic E-state index is 9.28. The van der Waals surface area contributed by atoms with Gasteiger partial charge in [0.05, 0.1) is 26.3 Å². The Morgan fingerprint density at radius 1 is 0.307 bits per heavy atom. The van der Waals surface area contributed by atoms with Gasteiger partial charge in [0.15, 0.2) is 17.5 Å². The van der Waals surface area contributed by atoms with Gasteiger partial charge in [-0.25, -0.2) is 15.0 Å². The molecule has 0 spiro atoms. The molecule has 0 unspecified atom stereocenters. The van der Waals surface area contributed by atoms with Crippen molar-refractivity contribution in [1.29, 1.82) is 0 Å². The zero-order chi connectivity index (χ0) is 55.5. The van der Waals surface area contributed by atoms with Crippen LogP contribution in [0.1, 0.15) is 9.60 Å². The summed E-state index contributed by atoms with van der Waals surface area (Å²) in [6.07, 6.45) is 0. The largest absolute Gasteiger partial charge is 0.455 e. The minimum absolute atomic E-state index is 0.0480. The van der Waals surface area contributed by atoms with Crippen LogP contribution < -0.4 is 0 Å². The summed E-state index contributed by atoms with van der Waals surface area (Å²) < 4.78 is 77.5. The Labute approximate surface area is 440 Å². The van der Waals surface area contributed by atoms with Gasteiger partial charge in [-0.1, -0.05) is 200 Å². The molecule has 0 aliphatic rings. The van der Waals surface area contributed by atoms with Gasteiger partial charge in [0.25, 0.3) is 0 Å². The third-order valence-corrected chi connectivity index (χ3v) is 14.2. The second-order valence-corrected chi connectivity index (χ2v) is 18.5. The molecule has 0 saturated carbocycles. The van der Waals surface area contributed by atoms with Gasteiger partial charge in [-0.15, -0.1) is 0 Å². The lowest BCUT2D eigenvalue weighted by atomic mass is 9.98. The molecule has 0 saturated heterocycles. The molecular weight excluding hydrogens is 917 g/mol. The number of hydrogen-bond donors (Lipinski definition) is 0. The fourth-order valence-electron chi connectivity index (χ4n) is 10.6. The first-order valence-electron chi connectivity index (χ1n) is 28.2. The van der Waals surface area contributed by atoms with E-state index in [9.17, 15) is 2.74 Å². The van der Waals surface area contributed by atoms with Crippen molar-refractivity contribution >= 4 is 65.7 Å². The molecule has 4 heterocycles. The van der Waals surface area contributed by atoms with Gasteiger partial charge in [-0.3, -0.25) is 0 Å². The van der Waals surface area contributed by atoms with Crippen LogP contribution in [0.25, 0.3) is 150 Å². The molecule has 0 aliphatic carbocycles. The van der Waals surface area contributed by atoms with Gasteiger partial charge in [0, 0.05) is 60.1 Å². The number of aromatic nitrogens is 4. The molecule has 0 bridgehead atoms. The number of benzene rings is 11. The number of rotatable bonds is 8. The Morgan fingerprint density at radius 3 is 1.61 bits per heavy atom. The summed E-state index contributed by atoms with van der Waals surface area (Å²) in [7, 11) is 0. The summed E-state index contributed by atoms with van der Waals surface area (Å²) in [6.45, 7) is 0. The van der Waals surface area contributed by atoms with Crippen molar-refractivity contribution in [3.05, 3.63) is 255 Å². The third-order valence-electron chi connectivity index (χ3n) is 14.2. The monoisotopic (exact) mass is 965 g/mol. The Hall–Kier alpha value is -10.2. The third kappa shape index (κ3) is 7.14. The standard InChI is InChI=1S/C69H42N4O2/c1-2-16-43(17-3-1)46-18-12-19-47(40-46)44-34-36-45(37-35-44)67-70-68(72-69(71-67)58-25-6-10-32-62(58)73-60-30-8-4-22-53(60)54-23-5-9-31-61(54)73)50-21-13-20-48(41-50)51-26-15-29-57-59-42-49(38-39-64(59)75-66(51)57)52-27-14-28-56-55-24-7-11-33-63(55)74-65(52)56/h1-42H/i4D,5D,8D,22D,23D,30D,31D. The molecule has 350 valence electrons. The minimum Gasteiger partial charge on any atom is -0.455 e. The molecule has 4 aromatic heterocycles. The molecule has 0 radical (unpaired) electrons. The van der Waals surface area contributed by atoms with E-state index in [0.717, 1.165) is 88.4 Å². The smallest absolute Gasteiger partial charge is 0.166 e. The van der Waals surface area contributed by atoms with Gasteiger partial charge in [0.1, 0.15) is 22.3 Å². The van der Waals surface area contributed by atoms with Crippen molar-refractivity contribution in [2.75, 3.05) is 0 Å². The van der Waals surface area contributed by atoms with E-state index < -0.39 is 12.1 Å². The van der Waals surface area contributed by atoms with Crippen LogP contribution in [0.2, 0.25) is 0 Å². The zero-order valence-electron chi connectivity index (χ0n) is 46.8. The van der Waals surface area contributed by atoms with Gasteiger partial charge in [0.2, 0.25) is 0 Å². The molecule has 0 aliphatic heterocycles. The average Bonchev–Trinajstić information content (AvgIpc) is 4.40. The summed E-state index contributed by atoms with van der Waals surface area (Å²) in [6, 6.07) is 67.7. The lowest BCUT2D eigenvalue weighted by molar-refractivity contribution is 0.669. The first-order valence-corrected chi connectivity index (χ1v) is 24.7. The van der Waals surface area contributed by atoms with Crippen molar-refractivity contribution in [3.63, 3.8) is 0 Å². The molecule has 0 N–H and O–H groups in total. The average molecular weight is 966 g/mol. The van der Waals surface area contributed by atoms with Gasteiger partial charge >= 0.3 is 0 Å². The number of hydrogen-bond acceptors (Lipinski definition) is 5. The lowest BCUT2D eigenvalue weighted by Gasteiger charge is -2.15. The van der Waals surface area contributed by atoms with E-state index in [0.29, 0.717) is 34.0 Å². The van der Waals surface area contributed by atoms with Crippen LogP contribution in [0.4, 0.5) is 0 Å². The summed E-state index contributed by atoms with van der Waals surface area (Å²) in [5, 5.41) is 4.18. The van der Waals surface area contributed by atoms with Crippen LogP contribution >= 0.6 is 0 Å². The van der Waals surface area contributed by atoms with Gasteiger partial charge in [-0.05, 0) is 87.9 Å². The molecule has 0 amide bonds. The van der Waals surface area contributed by atoms with Crippen molar-refractivity contribution in [2.45, 2.75) is 0 Å². The lowest BCUT2D eigenvalue weighted by Crippen LogP contribution is -2.03. The Kier molecular flexibility index (Phi) is 8.25. The second-order valence-electron chi connectivity index (χ2n) is 18.5. The van der Waals surface area contributed by atoms with E-state index in [-0.39, 0.29) is 57.8 Å². The maximum Gasteiger partial charge on any atom is 0.166 e. The molecule has 0 fully saturated rings. The second kappa shape index (κ2) is 17.3. The van der Waals surface area contributed by atoms with Crippen molar-refractivity contribution in [1.82, 2.24) is 19.5 Å². The first kappa shape index (κ1) is 35.9. The topological polar surface area (TPSA) is 69.9 Å². The van der Waals surface area contributed by atoms with Gasteiger partial charge < -0.3 is 13.4 Å². The molecule has 15 aromatic rings. The Morgan fingerprint density at radius 2 is 0.813 bits per heavy atom. The molecular formula is C69H42N4O2. The summed E-state index contributed by atoms with van der Waals surface area (Å²) in [4.78, 5) is 15.6. The van der Waals surface area contributed by atoms with Crippen LogP contribution in [-0.2, 0) is 0 Å². The van der Waals surface area contributed by atoms with Crippen molar-refractivity contribution < 1.29 is 18.4 Å². The highest BCUT2D eigenvalue weighted by atomic mass is 16.3. The predicted molar refractivity (Wildman–Crippen MR) is 307 cm³/mol. The van der Waals surface area contributed by atoms with E-state index in [2.05, 4.69) is 78.9 Å². The summed E-state index contributed by atoms with van der Waals surface area (Å²) >= 11 is 0. The Bertz CT molecular complexity index is 5150. The molecule has 11 aromatic carbocycles. The first-order chi connectivity index (χ1) is 40.1. The van der Waals surface area contributed by atoms with E-state index in [4.69, 9.17) is 30.6 Å². The number of furan rings is 2. The van der Waals surface area contributed by atoms with Crippen LogP contribution in [0, 0.1) is 0 Å². The summed E-state index contributed by atoms with van der Waals surface area (Å²) in [5.41, 5.74) is 13.6. The predicted octanol–water partition coefficient (Wildman–Crippen LogP) is 18.4.